The lowest BCUT2D eigenvalue weighted by Crippen LogP contribution is -2.29. The predicted octanol–water partition coefficient (Wildman–Crippen LogP) is 12.4. The highest BCUT2D eigenvalue weighted by Crippen LogP contribution is 2.40. The summed E-state index contributed by atoms with van der Waals surface area (Å²) in [5.74, 6) is 0.181. The Morgan fingerprint density at radius 1 is 0.760 bits per heavy atom. The van der Waals surface area contributed by atoms with E-state index in [0.717, 1.165) is 57.7 Å². The van der Waals surface area contributed by atoms with Gasteiger partial charge in [0.15, 0.2) is 0 Å². The van der Waals surface area contributed by atoms with Crippen LogP contribution in [0.1, 0.15) is 36.8 Å². The number of fused-ring (bicyclic) bond motifs is 4. The van der Waals surface area contributed by atoms with E-state index in [-0.39, 0.29) is 12.0 Å². The number of benzene rings is 6. The van der Waals surface area contributed by atoms with Gasteiger partial charge in [0.1, 0.15) is 0 Å². The van der Waals surface area contributed by atoms with Gasteiger partial charge in [-0.15, -0.1) is 0 Å². The van der Waals surface area contributed by atoms with Gasteiger partial charge in [-0.05, 0) is 82.5 Å². The van der Waals surface area contributed by atoms with Crippen molar-refractivity contribution in [3.63, 3.8) is 0 Å². The summed E-state index contributed by atoms with van der Waals surface area (Å²) in [7, 11) is 0. The number of hydrogen-bond donors (Lipinski definition) is 2. The molecule has 2 unspecified atom stereocenters. The second-order valence-electron chi connectivity index (χ2n) is 13.0. The van der Waals surface area contributed by atoms with Gasteiger partial charge in [-0.1, -0.05) is 147 Å². The van der Waals surface area contributed by atoms with Crippen LogP contribution >= 0.6 is 0 Å². The van der Waals surface area contributed by atoms with Gasteiger partial charge in [-0.25, -0.2) is 0 Å². The predicted molar refractivity (Wildman–Crippen MR) is 217 cm³/mol. The lowest BCUT2D eigenvalue weighted by Gasteiger charge is -2.33. The monoisotopic (exact) mass is 649 g/mol. The van der Waals surface area contributed by atoms with Crippen LogP contribution in [0.25, 0.3) is 32.7 Å². The van der Waals surface area contributed by atoms with Gasteiger partial charge in [0.05, 0.1) is 23.1 Å². The first kappa shape index (κ1) is 32.6. The van der Waals surface area contributed by atoms with Gasteiger partial charge in [0.2, 0.25) is 0 Å². The molecule has 0 saturated carbocycles. The Morgan fingerprint density at radius 3 is 2.36 bits per heavy atom. The molecule has 246 valence electrons. The maximum absolute atomic E-state index is 5.29. The lowest BCUT2D eigenvalue weighted by atomic mass is 9.78. The highest BCUT2D eigenvalue weighted by molar-refractivity contribution is 6.14. The van der Waals surface area contributed by atoms with Crippen LogP contribution in [0, 0.1) is 0 Å². The number of rotatable bonds is 12. The number of anilines is 3. The minimum atomic E-state index is -0.0985. The summed E-state index contributed by atoms with van der Waals surface area (Å²) in [5.41, 5.74) is 11.0. The third kappa shape index (κ3) is 6.68. The second kappa shape index (κ2) is 14.7. The Balaban J connectivity index is 1.24. The summed E-state index contributed by atoms with van der Waals surface area (Å²) < 4.78 is 0. The van der Waals surface area contributed by atoms with Gasteiger partial charge in [-0.2, -0.15) is 0 Å². The fourth-order valence-corrected chi connectivity index (χ4v) is 7.30. The van der Waals surface area contributed by atoms with Crippen LogP contribution in [0.5, 0.6) is 0 Å². The lowest BCUT2D eigenvalue weighted by molar-refractivity contribution is 0.540. The van der Waals surface area contributed by atoms with Crippen LogP contribution < -0.4 is 10.6 Å². The van der Waals surface area contributed by atoms with E-state index >= 15 is 0 Å². The third-order valence-corrected chi connectivity index (χ3v) is 9.75. The van der Waals surface area contributed by atoms with Crippen molar-refractivity contribution in [3.8, 4) is 11.1 Å². The average molecular weight is 650 g/mol. The molecule has 1 heterocycles. The molecule has 0 aliphatic carbocycles. The molecule has 0 spiro atoms. The first-order valence-electron chi connectivity index (χ1n) is 17.4. The molecule has 0 saturated heterocycles. The highest BCUT2D eigenvalue weighted by atomic mass is 15.0. The van der Waals surface area contributed by atoms with E-state index in [1.807, 2.05) is 13.0 Å². The van der Waals surface area contributed by atoms with Crippen LogP contribution in [0.4, 0.5) is 17.1 Å². The molecule has 3 nitrogen and oxygen atoms in total. The Morgan fingerprint density at radius 2 is 1.52 bits per heavy atom. The maximum atomic E-state index is 5.29. The zero-order valence-corrected chi connectivity index (χ0v) is 28.7. The quantitative estimate of drug-likeness (QED) is 0.0786. The summed E-state index contributed by atoms with van der Waals surface area (Å²) in [4.78, 5) is 5.29. The number of nitrogens with zero attached hydrogens (tertiary/aromatic N) is 1. The molecule has 3 heteroatoms. The van der Waals surface area contributed by atoms with E-state index in [1.54, 1.807) is 0 Å². The van der Waals surface area contributed by atoms with Crippen molar-refractivity contribution in [1.82, 2.24) is 0 Å². The number of allylic oxidation sites excluding steroid dienone is 4. The molecule has 0 radical (unpaired) electrons. The molecule has 1 aliphatic rings. The van der Waals surface area contributed by atoms with Crippen molar-refractivity contribution >= 4 is 44.3 Å². The van der Waals surface area contributed by atoms with E-state index in [4.69, 9.17) is 4.99 Å². The molecule has 0 bridgehead atoms. The molecule has 6 aromatic carbocycles. The topological polar surface area (TPSA) is 36.4 Å². The van der Waals surface area contributed by atoms with Crippen molar-refractivity contribution in [2.75, 3.05) is 17.2 Å². The Hall–Kier alpha value is -5.93. The van der Waals surface area contributed by atoms with Crippen LogP contribution in [0.2, 0.25) is 0 Å². The summed E-state index contributed by atoms with van der Waals surface area (Å²) in [5, 5.41) is 12.4. The second-order valence-corrected chi connectivity index (χ2v) is 13.0. The van der Waals surface area contributed by atoms with Crippen molar-refractivity contribution in [2.24, 2.45) is 4.99 Å². The van der Waals surface area contributed by atoms with Gasteiger partial charge in [0, 0.05) is 29.1 Å². The normalized spacial score (nSPS) is 15.4. The molecular weight excluding hydrogens is 607 g/mol. The minimum Gasteiger partial charge on any atom is -0.379 e. The first-order chi connectivity index (χ1) is 24.5. The fourth-order valence-electron chi connectivity index (χ4n) is 7.30. The van der Waals surface area contributed by atoms with Gasteiger partial charge < -0.3 is 10.6 Å². The largest absolute Gasteiger partial charge is 0.379 e. The highest BCUT2D eigenvalue weighted by Gasteiger charge is 2.31. The van der Waals surface area contributed by atoms with Crippen molar-refractivity contribution in [2.45, 2.75) is 31.7 Å². The summed E-state index contributed by atoms with van der Waals surface area (Å²) >= 11 is 0. The number of nitrogens with one attached hydrogen (secondary N) is 2. The molecule has 0 fully saturated rings. The SMILES string of the molecule is C=CC1=NC(C(=C)CNc2c(Nc3cccc(-c4ccccc4)c3)ccc3c2ccc2ccccc23)C(CCC(=C)/C=C\C)c2ccccc21. The Kier molecular flexibility index (Phi) is 9.57. The molecule has 0 aromatic heterocycles. The molecule has 6 aromatic rings. The molecule has 2 atom stereocenters. The van der Waals surface area contributed by atoms with E-state index in [9.17, 15) is 0 Å². The van der Waals surface area contributed by atoms with Crippen molar-refractivity contribution in [3.05, 3.63) is 188 Å². The average Bonchev–Trinajstić information content (AvgIpc) is 3.16. The van der Waals surface area contributed by atoms with Crippen molar-refractivity contribution in [1.29, 1.82) is 0 Å². The van der Waals surface area contributed by atoms with Gasteiger partial charge in [-0.3, -0.25) is 4.99 Å². The molecule has 0 amide bonds. The maximum Gasteiger partial charge on any atom is 0.0799 e. The van der Waals surface area contributed by atoms with Crippen LogP contribution in [0.15, 0.2) is 181 Å². The van der Waals surface area contributed by atoms with Crippen LogP contribution in [-0.4, -0.2) is 18.3 Å². The van der Waals surface area contributed by atoms with E-state index in [2.05, 4.69) is 170 Å². The smallest absolute Gasteiger partial charge is 0.0799 e. The summed E-state index contributed by atoms with van der Waals surface area (Å²) in [6, 6.07) is 45.0. The molecule has 2 N–H and O–H groups in total. The molecule has 7 rings (SSSR count). The minimum absolute atomic E-state index is 0.0985. The standard InChI is InChI=1S/C47H43N3/c1-5-15-32(3)24-26-42-39-22-12-13-23-41(39)44(6-2)50-46(42)33(4)31-48-47-43-27-25-35-18-10-11-21-38(35)40(43)28-29-45(47)49-37-20-14-19-36(30-37)34-16-8-7-9-17-34/h5-23,25,27-30,42,46,48-49H,2-4,24,26,31H2,1H3/b15-5-. The van der Waals surface area contributed by atoms with Crippen LogP contribution in [-0.2, 0) is 0 Å². The zero-order valence-electron chi connectivity index (χ0n) is 28.7. The molecule has 1 aliphatic heterocycles. The number of hydrogen-bond acceptors (Lipinski definition) is 3. The number of aliphatic imine (C=N–C) groups is 1. The molecular formula is C47H43N3. The van der Waals surface area contributed by atoms with E-state index < -0.39 is 0 Å². The first-order valence-corrected chi connectivity index (χ1v) is 17.4. The van der Waals surface area contributed by atoms with E-state index in [1.165, 1.54) is 32.8 Å². The fraction of sp³-hybridized carbons (Fsp3) is 0.128. The third-order valence-electron chi connectivity index (χ3n) is 9.75. The van der Waals surface area contributed by atoms with Crippen LogP contribution in [0.3, 0.4) is 0 Å². The summed E-state index contributed by atoms with van der Waals surface area (Å²) in [6.45, 7) is 15.7. The zero-order chi connectivity index (χ0) is 34.5. The summed E-state index contributed by atoms with van der Waals surface area (Å²) in [6.07, 6.45) is 7.87. The van der Waals surface area contributed by atoms with E-state index in [0.29, 0.717) is 6.54 Å². The Labute approximate surface area is 296 Å². The van der Waals surface area contributed by atoms with Gasteiger partial charge >= 0.3 is 0 Å². The molecule has 50 heavy (non-hydrogen) atoms. The van der Waals surface area contributed by atoms with Crippen molar-refractivity contribution < 1.29 is 0 Å². The van der Waals surface area contributed by atoms with Gasteiger partial charge in [0.25, 0.3) is 0 Å². The Bertz CT molecular complexity index is 2270.